The van der Waals surface area contributed by atoms with E-state index in [1.54, 1.807) is 16.2 Å². The average Bonchev–Trinajstić information content (AvgIpc) is 3.19. The summed E-state index contributed by atoms with van der Waals surface area (Å²) in [7, 11) is 0. The Hall–Kier alpha value is -2.21. The van der Waals surface area contributed by atoms with E-state index in [0.29, 0.717) is 12.2 Å². The van der Waals surface area contributed by atoms with Gasteiger partial charge in [-0.05, 0) is 29.0 Å². The molecule has 0 aliphatic carbocycles. The first-order valence-electron chi connectivity index (χ1n) is 7.86. The molecule has 5 heteroatoms. The predicted octanol–water partition coefficient (Wildman–Crippen LogP) is 3.44. The zero-order valence-corrected chi connectivity index (χ0v) is 13.8. The molecule has 2 heterocycles. The Morgan fingerprint density at radius 2 is 1.96 bits per heavy atom. The number of amides is 1. The molecule has 3 aromatic rings. The smallest absolute Gasteiger partial charge is 0.259 e. The number of thiophene rings is 1. The Kier molecular flexibility index (Phi) is 4.06. The molecule has 24 heavy (non-hydrogen) atoms. The van der Waals surface area contributed by atoms with E-state index >= 15 is 0 Å². The second-order valence-electron chi connectivity index (χ2n) is 5.84. The quantitative estimate of drug-likeness (QED) is 0.748. The summed E-state index contributed by atoms with van der Waals surface area (Å²) in [6.45, 7) is 0.920. The number of aliphatic hydroxyl groups is 1. The van der Waals surface area contributed by atoms with Crippen LogP contribution in [0.25, 0.3) is 10.8 Å². The van der Waals surface area contributed by atoms with Gasteiger partial charge in [0.2, 0.25) is 0 Å². The minimum absolute atomic E-state index is 0.0564. The summed E-state index contributed by atoms with van der Waals surface area (Å²) in [5.41, 5.74) is 1.57. The molecule has 2 aromatic carbocycles. The van der Waals surface area contributed by atoms with E-state index in [9.17, 15) is 9.90 Å². The second-order valence-corrected chi connectivity index (χ2v) is 6.88. The van der Waals surface area contributed by atoms with E-state index in [0.717, 1.165) is 21.3 Å². The first kappa shape index (κ1) is 15.3. The van der Waals surface area contributed by atoms with Crippen molar-refractivity contribution in [1.82, 2.24) is 0 Å². The van der Waals surface area contributed by atoms with Crippen molar-refractivity contribution in [3.8, 4) is 0 Å². The van der Waals surface area contributed by atoms with Gasteiger partial charge in [0.1, 0.15) is 0 Å². The van der Waals surface area contributed by atoms with Gasteiger partial charge in [0, 0.05) is 15.8 Å². The van der Waals surface area contributed by atoms with Crippen molar-refractivity contribution in [3.05, 3.63) is 64.4 Å². The summed E-state index contributed by atoms with van der Waals surface area (Å²) < 4.78 is 5.56. The van der Waals surface area contributed by atoms with Crippen molar-refractivity contribution < 1.29 is 14.6 Å². The molecule has 0 bridgehead atoms. The monoisotopic (exact) mass is 339 g/mol. The molecular weight excluding hydrogens is 322 g/mol. The van der Waals surface area contributed by atoms with Gasteiger partial charge >= 0.3 is 0 Å². The normalized spacial score (nSPS) is 14.5. The van der Waals surface area contributed by atoms with Gasteiger partial charge in [0.25, 0.3) is 5.91 Å². The number of nitrogens with zero attached hydrogens (tertiary/aromatic N) is 1. The lowest BCUT2D eigenvalue weighted by Crippen LogP contribution is -2.37. The molecule has 4 rings (SSSR count). The second kappa shape index (κ2) is 6.36. The average molecular weight is 339 g/mol. The van der Waals surface area contributed by atoms with E-state index in [1.807, 2.05) is 53.9 Å². The van der Waals surface area contributed by atoms with Crippen molar-refractivity contribution in [2.45, 2.75) is 12.7 Å². The van der Waals surface area contributed by atoms with Gasteiger partial charge < -0.3 is 14.7 Å². The van der Waals surface area contributed by atoms with Crippen molar-refractivity contribution >= 4 is 33.7 Å². The summed E-state index contributed by atoms with van der Waals surface area (Å²) in [6, 6.07) is 15.6. The van der Waals surface area contributed by atoms with Crippen LogP contribution in [0.1, 0.15) is 15.2 Å². The molecule has 1 aliphatic rings. The van der Waals surface area contributed by atoms with E-state index in [4.69, 9.17) is 4.74 Å². The van der Waals surface area contributed by atoms with E-state index in [2.05, 4.69) is 0 Å². The number of hydrogen-bond donors (Lipinski definition) is 1. The standard InChI is InChI=1S/C19H17NO3S/c21-14(11-23-12-15-6-3-9-24-15)10-20-17-8-2-5-13-4-1-7-16(18(13)17)19(20)22/h1-9,14,21H,10-12H2/t14-/m1/s1. The van der Waals surface area contributed by atoms with Crippen LogP contribution in [0.2, 0.25) is 0 Å². The molecule has 0 saturated carbocycles. The molecule has 0 fully saturated rings. The van der Waals surface area contributed by atoms with Gasteiger partial charge in [-0.15, -0.1) is 11.3 Å². The van der Waals surface area contributed by atoms with Gasteiger partial charge in [-0.3, -0.25) is 4.79 Å². The maximum atomic E-state index is 12.6. The Morgan fingerprint density at radius 1 is 1.12 bits per heavy atom. The third-order valence-electron chi connectivity index (χ3n) is 4.18. The van der Waals surface area contributed by atoms with Crippen LogP contribution in [0.3, 0.4) is 0 Å². The zero-order valence-electron chi connectivity index (χ0n) is 13.0. The van der Waals surface area contributed by atoms with Crippen molar-refractivity contribution in [2.24, 2.45) is 0 Å². The lowest BCUT2D eigenvalue weighted by atomic mass is 10.1. The highest BCUT2D eigenvalue weighted by molar-refractivity contribution is 7.09. The summed E-state index contributed by atoms with van der Waals surface area (Å²) in [5, 5.41) is 14.3. The van der Waals surface area contributed by atoms with Crippen LogP contribution in [0.4, 0.5) is 5.69 Å². The van der Waals surface area contributed by atoms with E-state index in [-0.39, 0.29) is 19.1 Å². The molecule has 0 saturated heterocycles. The number of β-amino-alcohol motifs (C(OH)–C–C–N with tert-alkyl or cyclic N) is 1. The fraction of sp³-hybridized carbons (Fsp3) is 0.211. The number of hydrogen-bond acceptors (Lipinski definition) is 4. The third kappa shape index (κ3) is 2.71. The van der Waals surface area contributed by atoms with Crippen LogP contribution in [0.5, 0.6) is 0 Å². The fourth-order valence-corrected chi connectivity index (χ4v) is 3.75. The van der Waals surface area contributed by atoms with Gasteiger partial charge in [0.05, 0.1) is 31.5 Å². The van der Waals surface area contributed by atoms with Crippen LogP contribution in [-0.4, -0.2) is 30.3 Å². The molecule has 1 N–H and O–H groups in total. The lowest BCUT2D eigenvalue weighted by molar-refractivity contribution is 0.0327. The minimum Gasteiger partial charge on any atom is -0.389 e. The van der Waals surface area contributed by atoms with Crippen molar-refractivity contribution in [1.29, 1.82) is 0 Å². The number of carbonyl (C=O) groups excluding carboxylic acids is 1. The van der Waals surface area contributed by atoms with Crippen molar-refractivity contribution in [3.63, 3.8) is 0 Å². The Bertz CT molecular complexity index is 870. The Morgan fingerprint density at radius 3 is 2.75 bits per heavy atom. The summed E-state index contributed by atoms with van der Waals surface area (Å²) >= 11 is 1.62. The number of ether oxygens (including phenoxy) is 1. The Labute approximate surface area is 143 Å². The van der Waals surface area contributed by atoms with E-state index in [1.165, 1.54) is 0 Å². The third-order valence-corrected chi connectivity index (χ3v) is 5.03. The highest BCUT2D eigenvalue weighted by Gasteiger charge is 2.30. The topological polar surface area (TPSA) is 49.8 Å². The lowest BCUT2D eigenvalue weighted by Gasteiger charge is -2.21. The number of benzene rings is 2. The molecule has 1 aliphatic heterocycles. The highest BCUT2D eigenvalue weighted by atomic mass is 32.1. The zero-order chi connectivity index (χ0) is 16.5. The molecular formula is C19H17NO3S. The first-order chi connectivity index (χ1) is 11.7. The summed E-state index contributed by atoms with van der Waals surface area (Å²) in [6.07, 6.45) is -0.724. The largest absolute Gasteiger partial charge is 0.389 e. The molecule has 1 atom stereocenters. The van der Waals surface area contributed by atoms with Gasteiger partial charge in [-0.2, -0.15) is 0 Å². The summed E-state index contributed by atoms with van der Waals surface area (Å²) in [5.74, 6) is -0.0564. The van der Waals surface area contributed by atoms with Gasteiger partial charge in [-0.1, -0.05) is 30.3 Å². The fourth-order valence-electron chi connectivity index (χ4n) is 3.11. The number of carbonyl (C=O) groups is 1. The predicted molar refractivity (Wildman–Crippen MR) is 95.6 cm³/mol. The molecule has 0 radical (unpaired) electrons. The first-order valence-corrected chi connectivity index (χ1v) is 8.74. The van der Waals surface area contributed by atoms with Crippen LogP contribution in [0, 0.1) is 0 Å². The van der Waals surface area contributed by atoms with Crippen LogP contribution < -0.4 is 4.90 Å². The maximum Gasteiger partial charge on any atom is 0.259 e. The molecule has 0 unspecified atom stereocenters. The summed E-state index contributed by atoms with van der Waals surface area (Å²) in [4.78, 5) is 15.4. The van der Waals surface area contributed by atoms with Crippen molar-refractivity contribution in [2.75, 3.05) is 18.1 Å². The van der Waals surface area contributed by atoms with Gasteiger partial charge in [-0.25, -0.2) is 0 Å². The molecule has 1 aromatic heterocycles. The minimum atomic E-state index is -0.724. The molecule has 4 nitrogen and oxygen atoms in total. The van der Waals surface area contributed by atoms with E-state index < -0.39 is 6.10 Å². The number of anilines is 1. The number of aliphatic hydroxyl groups excluding tert-OH is 1. The highest BCUT2D eigenvalue weighted by Crippen LogP contribution is 2.37. The van der Waals surface area contributed by atoms with Gasteiger partial charge in [0.15, 0.2) is 0 Å². The SMILES string of the molecule is O=C1c2cccc3cccc(c23)N1C[C@@H](O)COCc1cccs1. The van der Waals surface area contributed by atoms with Crippen LogP contribution in [0.15, 0.2) is 53.9 Å². The Balaban J connectivity index is 1.45. The molecule has 122 valence electrons. The molecule has 0 spiro atoms. The number of rotatable bonds is 6. The van der Waals surface area contributed by atoms with Crippen LogP contribution in [-0.2, 0) is 11.3 Å². The molecule has 1 amide bonds. The maximum absolute atomic E-state index is 12.6. The van der Waals surface area contributed by atoms with Crippen LogP contribution >= 0.6 is 11.3 Å².